The van der Waals surface area contributed by atoms with E-state index in [2.05, 4.69) is 12.2 Å². The Morgan fingerprint density at radius 2 is 2.00 bits per heavy atom. The third-order valence-corrected chi connectivity index (χ3v) is 3.12. The van der Waals surface area contributed by atoms with Crippen molar-refractivity contribution in [1.29, 1.82) is 0 Å². The normalized spacial score (nSPS) is 16.6. The first-order chi connectivity index (χ1) is 7.91. The summed E-state index contributed by atoms with van der Waals surface area (Å²) < 4.78 is 25.8. The van der Waals surface area contributed by atoms with E-state index in [1.807, 2.05) is 0 Å². The van der Waals surface area contributed by atoms with Gasteiger partial charge in [-0.25, -0.2) is 8.78 Å². The first kappa shape index (κ1) is 11.8. The molecule has 3 N–H and O–H groups in total. The van der Waals surface area contributed by atoms with Crippen LogP contribution in [0.25, 0.3) is 0 Å². The molecule has 0 unspecified atom stereocenters. The highest BCUT2D eigenvalue weighted by Crippen LogP contribution is 2.44. The van der Waals surface area contributed by atoms with Crippen molar-refractivity contribution in [1.82, 2.24) is 5.32 Å². The number of rotatable bonds is 3. The lowest BCUT2D eigenvalue weighted by molar-refractivity contribution is 0.0946. The maximum Gasteiger partial charge on any atom is 0.253 e. The van der Waals surface area contributed by atoms with E-state index < -0.39 is 17.5 Å². The van der Waals surface area contributed by atoms with E-state index in [1.165, 1.54) is 0 Å². The van der Waals surface area contributed by atoms with Gasteiger partial charge in [-0.1, -0.05) is 6.92 Å². The van der Waals surface area contributed by atoms with Crippen molar-refractivity contribution in [3.05, 3.63) is 29.3 Å². The summed E-state index contributed by atoms with van der Waals surface area (Å²) in [6.07, 6.45) is 2.14. The van der Waals surface area contributed by atoms with E-state index in [-0.39, 0.29) is 16.7 Å². The largest absolute Gasteiger partial charge is 0.398 e. The fourth-order valence-electron chi connectivity index (χ4n) is 1.54. The molecular formula is C12H14F2N2O. The molecule has 0 radical (unpaired) electrons. The lowest BCUT2D eigenvalue weighted by Gasteiger charge is -2.11. The van der Waals surface area contributed by atoms with Gasteiger partial charge in [-0.05, 0) is 24.3 Å². The third-order valence-electron chi connectivity index (χ3n) is 3.12. The van der Waals surface area contributed by atoms with Crippen molar-refractivity contribution in [2.45, 2.75) is 19.8 Å². The summed E-state index contributed by atoms with van der Waals surface area (Å²) >= 11 is 0. The number of anilines is 1. The minimum Gasteiger partial charge on any atom is -0.398 e. The molecular weight excluding hydrogens is 226 g/mol. The molecule has 5 heteroatoms. The van der Waals surface area contributed by atoms with Crippen molar-refractivity contribution < 1.29 is 13.6 Å². The van der Waals surface area contributed by atoms with Gasteiger partial charge in [0, 0.05) is 18.3 Å². The highest BCUT2D eigenvalue weighted by molar-refractivity contribution is 5.99. The molecule has 0 aromatic heterocycles. The predicted octanol–water partition coefficient (Wildman–Crippen LogP) is 2.08. The Morgan fingerprint density at radius 1 is 1.41 bits per heavy atom. The van der Waals surface area contributed by atoms with Gasteiger partial charge in [-0.15, -0.1) is 0 Å². The highest BCUT2D eigenvalue weighted by Gasteiger charge is 2.37. The van der Waals surface area contributed by atoms with E-state index in [0.29, 0.717) is 6.54 Å². The Kier molecular flexibility index (Phi) is 2.77. The average molecular weight is 240 g/mol. The van der Waals surface area contributed by atoms with Crippen LogP contribution in [0.4, 0.5) is 14.5 Å². The number of nitrogens with one attached hydrogen (secondary N) is 1. The fourth-order valence-corrected chi connectivity index (χ4v) is 1.54. The van der Waals surface area contributed by atoms with Gasteiger partial charge < -0.3 is 11.1 Å². The zero-order valence-corrected chi connectivity index (χ0v) is 9.52. The fraction of sp³-hybridized carbons (Fsp3) is 0.417. The van der Waals surface area contributed by atoms with Crippen molar-refractivity contribution in [2.24, 2.45) is 5.41 Å². The molecule has 1 fully saturated rings. The number of benzene rings is 1. The van der Waals surface area contributed by atoms with Crippen LogP contribution in [0.15, 0.2) is 12.1 Å². The first-order valence-electron chi connectivity index (χ1n) is 5.44. The Labute approximate surface area is 98.0 Å². The summed E-state index contributed by atoms with van der Waals surface area (Å²) in [5.41, 5.74) is 5.56. The number of carbonyl (C=O) groups excluding carboxylic acids is 1. The standard InChI is InChI=1S/C12H14F2N2O/c1-12(2-3-12)6-16-11(17)7-4-8(13)9(14)5-10(7)15/h4-5H,2-3,6,15H2,1H3,(H,16,17). The zero-order chi connectivity index (χ0) is 12.6. The van der Waals surface area contributed by atoms with Crippen LogP contribution in [0.2, 0.25) is 0 Å². The minimum absolute atomic E-state index is 0.0202. The number of nitrogens with two attached hydrogens (primary N) is 1. The number of amides is 1. The Hall–Kier alpha value is -1.65. The third kappa shape index (κ3) is 2.54. The number of hydrogen-bond acceptors (Lipinski definition) is 2. The van der Waals surface area contributed by atoms with Gasteiger partial charge >= 0.3 is 0 Å². The Bertz CT molecular complexity index is 470. The monoisotopic (exact) mass is 240 g/mol. The molecule has 1 aliphatic rings. The number of nitrogen functional groups attached to an aromatic ring is 1. The summed E-state index contributed by atoms with van der Waals surface area (Å²) in [6, 6.07) is 1.65. The predicted molar refractivity (Wildman–Crippen MR) is 60.4 cm³/mol. The molecule has 1 aliphatic carbocycles. The average Bonchev–Trinajstić information content (AvgIpc) is 2.99. The van der Waals surface area contributed by atoms with Crippen LogP contribution in [0.5, 0.6) is 0 Å². The molecule has 1 aromatic rings. The van der Waals surface area contributed by atoms with Crippen LogP contribution >= 0.6 is 0 Å². The maximum atomic E-state index is 13.0. The summed E-state index contributed by atoms with van der Waals surface area (Å²) in [7, 11) is 0. The molecule has 92 valence electrons. The number of hydrogen-bond donors (Lipinski definition) is 2. The second-order valence-electron chi connectivity index (χ2n) is 4.85. The van der Waals surface area contributed by atoms with E-state index >= 15 is 0 Å². The Morgan fingerprint density at radius 3 is 2.59 bits per heavy atom. The molecule has 0 saturated heterocycles. The Balaban J connectivity index is 2.10. The van der Waals surface area contributed by atoms with Gasteiger partial charge in [0.2, 0.25) is 0 Å². The van der Waals surface area contributed by atoms with Gasteiger partial charge in [0.05, 0.1) is 5.56 Å². The van der Waals surface area contributed by atoms with Gasteiger partial charge in [-0.3, -0.25) is 4.79 Å². The molecule has 1 saturated carbocycles. The van der Waals surface area contributed by atoms with Crippen LogP contribution in [-0.2, 0) is 0 Å². The quantitative estimate of drug-likeness (QED) is 0.795. The van der Waals surface area contributed by atoms with Gasteiger partial charge in [0.15, 0.2) is 11.6 Å². The topological polar surface area (TPSA) is 55.1 Å². The summed E-state index contributed by atoms with van der Waals surface area (Å²) in [5, 5.41) is 2.68. The van der Waals surface area contributed by atoms with Crippen molar-refractivity contribution in [3.8, 4) is 0 Å². The van der Waals surface area contributed by atoms with E-state index in [0.717, 1.165) is 25.0 Å². The summed E-state index contributed by atoms with van der Waals surface area (Å²) in [6.45, 7) is 2.59. The molecule has 1 aromatic carbocycles. The van der Waals surface area contributed by atoms with E-state index in [1.54, 1.807) is 0 Å². The lowest BCUT2D eigenvalue weighted by atomic mass is 10.1. The molecule has 0 heterocycles. The second kappa shape index (κ2) is 3.98. The molecule has 0 atom stereocenters. The number of carbonyl (C=O) groups is 1. The number of halogens is 2. The molecule has 0 bridgehead atoms. The van der Waals surface area contributed by atoms with E-state index in [9.17, 15) is 13.6 Å². The second-order valence-corrected chi connectivity index (χ2v) is 4.85. The van der Waals surface area contributed by atoms with Crippen molar-refractivity contribution in [2.75, 3.05) is 12.3 Å². The van der Waals surface area contributed by atoms with Crippen LogP contribution in [0, 0.1) is 17.0 Å². The van der Waals surface area contributed by atoms with Gasteiger partial charge in [0.25, 0.3) is 5.91 Å². The molecule has 17 heavy (non-hydrogen) atoms. The minimum atomic E-state index is -1.07. The van der Waals surface area contributed by atoms with Crippen molar-refractivity contribution >= 4 is 11.6 Å². The van der Waals surface area contributed by atoms with Crippen LogP contribution in [-0.4, -0.2) is 12.5 Å². The molecule has 3 nitrogen and oxygen atoms in total. The molecule has 2 rings (SSSR count). The zero-order valence-electron chi connectivity index (χ0n) is 9.52. The smallest absolute Gasteiger partial charge is 0.253 e. The molecule has 0 spiro atoms. The van der Waals surface area contributed by atoms with E-state index in [4.69, 9.17) is 5.73 Å². The summed E-state index contributed by atoms with van der Waals surface area (Å²) in [4.78, 5) is 11.7. The van der Waals surface area contributed by atoms with Crippen molar-refractivity contribution in [3.63, 3.8) is 0 Å². The maximum absolute atomic E-state index is 13.0. The molecule has 1 amide bonds. The highest BCUT2D eigenvalue weighted by atomic mass is 19.2. The SMILES string of the molecule is CC1(CNC(=O)c2cc(F)c(F)cc2N)CC1. The van der Waals surface area contributed by atoms with Crippen LogP contribution in [0.1, 0.15) is 30.1 Å². The summed E-state index contributed by atoms with van der Waals surface area (Å²) in [5.74, 6) is -2.58. The van der Waals surface area contributed by atoms with Gasteiger partial charge in [-0.2, -0.15) is 0 Å². The van der Waals surface area contributed by atoms with Crippen LogP contribution in [0.3, 0.4) is 0 Å². The molecule has 0 aliphatic heterocycles. The van der Waals surface area contributed by atoms with Crippen LogP contribution < -0.4 is 11.1 Å². The van der Waals surface area contributed by atoms with Gasteiger partial charge in [0.1, 0.15) is 0 Å². The lowest BCUT2D eigenvalue weighted by Crippen LogP contribution is -2.29. The first-order valence-corrected chi connectivity index (χ1v) is 5.44.